The zero-order valence-electron chi connectivity index (χ0n) is 22.1. The third-order valence-corrected chi connectivity index (χ3v) is 6.35. The number of benzene rings is 3. The van der Waals surface area contributed by atoms with Gasteiger partial charge < -0.3 is 24.4 Å². The number of aryl methyl sites for hydroxylation is 2. The molecular formula is C30H30N2O7. The van der Waals surface area contributed by atoms with Gasteiger partial charge in [-0.1, -0.05) is 6.07 Å². The first-order valence-corrected chi connectivity index (χ1v) is 12.6. The minimum Gasteiger partial charge on any atom is -0.462 e. The second-order valence-electron chi connectivity index (χ2n) is 9.20. The summed E-state index contributed by atoms with van der Waals surface area (Å²) in [6.45, 7) is 5.70. The van der Waals surface area contributed by atoms with Crippen LogP contribution in [0, 0.1) is 19.8 Å². The lowest BCUT2D eigenvalue weighted by atomic mass is 10.1. The Labute approximate surface area is 226 Å². The fourth-order valence-corrected chi connectivity index (χ4v) is 4.08. The maximum atomic E-state index is 12.6. The largest absolute Gasteiger partial charge is 0.462 e. The van der Waals surface area contributed by atoms with E-state index in [2.05, 4.69) is 5.32 Å². The fraction of sp³-hybridized carbons (Fsp3) is 0.267. The normalized spacial score (nSPS) is 14.6. The van der Waals surface area contributed by atoms with Crippen LogP contribution in [0.1, 0.15) is 34.8 Å². The Morgan fingerprint density at radius 2 is 1.59 bits per heavy atom. The van der Waals surface area contributed by atoms with Crippen LogP contribution in [0.4, 0.5) is 11.4 Å². The Kier molecular flexibility index (Phi) is 8.60. The number of ether oxygens (including phenoxy) is 3. The van der Waals surface area contributed by atoms with Gasteiger partial charge in [0.2, 0.25) is 5.91 Å². The van der Waals surface area contributed by atoms with E-state index < -0.39 is 30.4 Å². The summed E-state index contributed by atoms with van der Waals surface area (Å²) >= 11 is 0. The number of esters is 2. The molecule has 9 nitrogen and oxygen atoms in total. The van der Waals surface area contributed by atoms with Crippen LogP contribution in [-0.2, 0) is 23.9 Å². The molecule has 0 spiro atoms. The topological polar surface area (TPSA) is 111 Å². The van der Waals surface area contributed by atoms with E-state index in [4.69, 9.17) is 14.2 Å². The van der Waals surface area contributed by atoms with E-state index in [1.165, 1.54) is 22.6 Å². The average molecular weight is 531 g/mol. The number of amides is 2. The molecule has 1 atom stereocenters. The van der Waals surface area contributed by atoms with Crippen LogP contribution >= 0.6 is 0 Å². The van der Waals surface area contributed by atoms with Gasteiger partial charge in [-0.05, 0) is 92.6 Å². The van der Waals surface area contributed by atoms with Crippen molar-refractivity contribution in [3.05, 3.63) is 83.4 Å². The maximum absolute atomic E-state index is 12.6. The van der Waals surface area contributed by atoms with Crippen molar-refractivity contribution in [3.8, 4) is 11.5 Å². The highest BCUT2D eigenvalue weighted by atomic mass is 16.5. The van der Waals surface area contributed by atoms with E-state index in [0.29, 0.717) is 22.7 Å². The molecule has 0 aliphatic carbocycles. The Morgan fingerprint density at radius 1 is 0.897 bits per heavy atom. The Balaban J connectivity index is 1.26. The molecule has 0 saturated carbocycles. The predicted octanol–water partition coefficient (Wildman–Crippen LogP) is 4.81. The van der Waals surface area contributed by atoms with Crippen LogP contribution < -0.4 is 15.0 Å². The van der Waals surface area contributed by atoms with Crippen molar-refractivity contribution in [3.63, 3.8) is 0 Å². The van der Waals surface area contributed by atoms with Gasteiger partial charge >= 0.3 is 11.9 Å². The van der Waals surface area contributed by atoms with E-state index in [0.717, 1.165) is 11.3 Å². The van der Waals surface area contributed by atoms with Gasteiger partial charge in [0, 0.05) is 24.3 Å². The summed E-state index contributed by atoms with van der Waals surface area (Å²) in [6.07, 6.45) is -0.00330. The molecule has 1 saturated heterocycles. The van der Waals surface area contributed by atoms with Crippen LogP contribution in [0.3, 0.4) is 0 Å². The fourth-order valence-electron chi connectivity index (χ4n) is 4.08. The van der Waals surface area contributed by atoms with Gasteiger partial charge in [0.05, 0.1) is 18.1 Å². The molecule has 3 aromatic rings. The van der Waals surface area contributed by atoms with Crippen LogP contribution in [0.5, 0.6) is 11.5 Å². The van der Waals surface area contributed by atoms with Crippen LogP contribution in [-0.4, -0.2) is 43.5 Å². The molecular weight excluding hydrogens is 500 g/mol. The first kappa shape index (κ1) is 27.4. The van der Waals surface area contributed by atoms with Gasteiger partial charge in [0.25, 0.3) is 5.91 Å². The molecule has 0 aromatic heterocycles. The van der Waals surface area contributed by atoms with Crippen LogP contribution in [0.2, 0.25) is 0 Å². The van der Waals surface area contributed by atoms with E-state index in [-0.39, 0.29) is 25.5 Å². The first-order valence-electron chi connectivity index (χ1n) is 12.6. The Morgan fingerprint density at radius 3 is 2.26 bits per heavy atom. The molecule has 0 unspecified atom stereocenters. The number of hydrogen-bond acceptors (Lipinski definition) is 7. The zero-order chi connectivity index (χ0) is 27.9. The molecule has 202 valence electrons. The molecule has 2 amide bonds. The van der Waals surface area contributed by atoms with Crippen molar-refractivity contribution in [1.29, 1.82) is 0 Å². The lowest BCUT2D eigenvalue weighted by molar-refractivity contribution is -0.151. The Hall–Kier alpha value is -4.66. The summed E-state index contributed by atoms with van der Waals surface area (Å²) in [6, 6.07) is 19.1. The number of carbonyl (C=O) groups excluding carboxylic acids is 4. The molecule has 1 aliphatic rings. The molecule has 1 fully saturated rings. The molecule has 0 radical (unpaired) electrons. The molecule has 39 heavy (non-hydrogen) atoms. The van der Waals surface area contributed by atoms with Gasteiger partial charge in [-0.25, -0.2) is 4.79 Å². The quantitative estimate of drug-likeness (QED) is 0.395. The van der Waals surface area contributed by atoms with Gasteiger partial charge in [-0.3, -0.25) is 14.4 Å². The van der Waals surface area contributed by atoms with Crippen molar-refractivity contribution in [1.82, 2.24) is 0 Å². The molecule has 3 aromatic carbocycles. The van der Waals surface area contributed by atoms with Crippen LogP contribution in [0.25, 0.3) is 0 Å². The average Bonchev–Trinajstić information content (AvgIpc) is 3.32. The monoisotopic (exact) mass is 530 g/mol. The summed E-state index contributed by atoms with van der Waals surface area (Å²) in [5.74, 6) is -1.13. The number of hydrogen-bond donors (Lipinski definition) is 1. The van der Waals surface area contributed by atoms with Crippen molar-refractivity contribution in [2.24, 2.45) is 5.92 Å². The Bertz CT molecular complexity index is 1370. The number of carbonyl (C=O) groups is 4. The highest BCUT2D eigenvalue weighted by molar-refractivity contribution is 6.00. The van der Waals surface area contributed by atoms with Gasteiger partial charge in [0.15, 0.2) is 6.61 Å². The summed E-state index contributed by atoms with van der Waals surface area (Å²) in [5, 5.41) is 2.60. The summed E-state index contributed by atoms with van der Waals surface area (Å²) in [4.78, 5) is 50.6. The lowest BCUT2D eigenvalue weighted by Gasteiger charge is -2.17. The van der Waals surface area contributed by atoms with Crippen molar-refractivity contribution in [2.75, 3.05) is 30.0 Å². The van der Waals surface area contributed by atoms with Crippen molar-refractivity contribution in [2.45, 2.75) is 27.2 Å². The number of anilines is 2. The standard InChI is InChI=1S/C30H30N2O7/c1-4-37-29(35)21-6-8-23(9-7-21)31-27(33)18-38-30(36)22-16-28(34)32(17-22)24-10-13-25(14-11-24)39-26-12-5-19(2)20(3)15-26/h5-15,22H,4,16-18H2,1-3H3,(H,31,33)/t22-/m0/s1. The highest BCUT2D eigenvalue weighted by Crippen LogP contribution is 2.29. The third-order valence-electron chi connectivity index (χ3n) is 6.35. The van der Waals surface area contributed by atoms with Crippen LogP contribution in [0.15, 0.2) is 66.7 Å². The molecule has 1 aliphatic heterocycles. The second kappa shape index (κ2) is 12.3. The van der Waals surface area contributed by atoms with Crippen molar-refractivity contribution >= 4 is 35.1 Å². The summed E-state index contributed by atoms with van der Waals surface area (Å²) < 4.78 is 16.0. The van der Waals surface area contributed by atoms with Gasteiger partial charge in [-0.2, -0.15) is 0 Å². The summed E-state index contributed by atoms with van der Waals surface area (Å²) in [5.41, 5.74) is 3.76. The molecule has 9 heteroatoms. The number of nitrogens with one attached hydrogen (secondary N) is 1. The van der Waals surface area contributed by atoms with Gasteiger partial charge in [-0.15, -0.1) is 0 Å². The van der Waals surface area contributed by atoms with Crippen molar-refractivity contribution < 1.29 is 33.4 Å². The number of nitrogens with zero attached hydrogens (tertiary/aromatic N) is 1. The van der Waals surface area contributed by atoms with E-state index in [1.807, 2.05) is 32.0 Å². The smallest absolute Gasteiger partial charge is 0.338 e. The first-order chi connectivity index (χ1) is 18.7. The SMILES string of the molecule is CCOC(=O)c1ccc(NC(=O)COC(=O)[C@H]2CC(=O)N(c3ccc(Oc4ccc(C)c(C)c4)cc3)C2)cc1. The zero-order valence-corrected chi connectivity index (χ0v) is 22.1. The highest BCUT2D eigenvalue weighted by Gasteiger charge is 2.36. The maximum Gasteiger partial charge on any atom is 0.338 e. The molecule has 4 rings (SSSR count). The van der Waals surface area contributed by atoms with E-state index >= 15 is 0 Å². The molecule has 0 bridgehead atoms. The minimum atomic E-state index is -0.680. The second-order valence-corrected chi connectivity index (χ2v) is 9.20. The third kappa shape index (κ3) is 7.01. The minimum absolute atomic E-state index is 0.00330. The molecule has 1 heterocycles. The lowest BCUT2D eigenvalue weighted by Crippen LogP contribution is -2.28. The van der Waals surface area contributed by atoms with E-state index in [1.54, 1.807) is 43.3 Å². The predicted molar refractivity (Wildman–Crippen MR) is 145 cm³/mol. The number of rotatable bonds is 9. The van der Waals surface area contributed by atoms with E-state index in [9.17, 15) is 19.2 Å². The van der Waals surface area contributed by atoms with Gasteiger partial charge in [0.1, 0.15) is 11.5 Å². The molecule has 1 N–H and O–H groups in total. The summed E-state index contributed by atoms with van der Waals surface area (Å²) in [7, 11) is 0.